The van der Waals surface area contributed by atoms with Crippen LogP contribution in [0.2, 0.25) is 0 Å². The van der Waals surface area contributed by atoms with Gasteiger partial charge < -0.3 is 5.32 Å². The third kappa shape index (κ3) is 5.89. The molecule has 0 aliphatic heterocycles. The maximum atomic E-state index is 3.68. The average Bonchev–Trinajstić information content (AvgIpc) is 2.26. The van der Waals surface area contributed by atoms with Crippen molar-refractivity contribution in [1.29, 1.82) is 0 Å². The Morgan fingerprint density at radius 3 is 2.81 bits per heavy atom. The highest BCUT2D eigenvalue weighted by Crippen LogP contribution is 2.30. The van der Waals surface area contributed by atoms with Crippen LogP contribution in [0, 0.1) is 11.8 Å². The zero-order chi connectivity index (χ0) is 11.8. The van der Waals surface area contributed by atoms with Crippen LogP contribution in [0.15, 0.2) is 0 Å². The molecule has 3 unspecified atom stereocenters. The van der Waals surface area contributed by atoms with E-state index >= 15 is 0 Å². The van der Waals surface area contributed by atoms with Gasteiger partial charge in [0.1, 0.15) is 0 Å². The molecule has 0 aromatic heterocycles. The van der Waals surface area contributed by atoms with Gasteiger partial charge in [0.05, 0.1) is 0 Å². The zero-order valence-corrected chi connectivity index (χ0v) is 11.6. The van der Waals surface area contributed by atoms with Crippen molar-refractivity contribution in [3.8, 4) is 0 Å². The Labute approximate surface area is 102 Å². The van der Waals surface area contributed by atoms with Crippen LogP contribution in [0.25, 0.3) is 0 Å². The monoisotopic (exact) mass is 225 g/mol. The van der Waals surface area contributed by atoms with E-state index in [-0.39, 0.29) is 0 Å². The van der Waals surface area contributed by atoms with Gasteiger partial charge in [-0.05, 0) is 44.6 Å². The highest BCUT2D eigenvalue weighted by atomic mass is 14.9. The Morgan fingerprint density at radius 2 is 2.12 bits per heavy atom. The largest absolute Gasteiger partial charge is 0.314 e. The summed E-state index contributed by atoms with van der Waals surface area (Å²) in [5.74, 6) is 1.99. The van der Waals surface area contributed by atoms with Gasteiger partial charge in [-0.15, -0.1) is 0 Å². The Hall–Kier alpha value is -0.0400. The van der Waals surface area contributed by atoms with Crippen LogP contribution < -0.4 is 5.32 Å². The summed E-state index contributed by atoms with van der Waals surface area (Å²) in [7, 11) is 0. The van der Waals surface area contributed by atoms with E-state index in [1.807, 2.05) is 0 Å². The second-order valence-electron chi connectivity index (χ2n) is 5.92. The first-order valence-electron chi connectivity index (χ1n) is 7.45. The predicted octanol–water partition coefficient (Wildman–Crippen LogP) is 4.37. The van der Waals surface area contributed by atoms with Crippen LogP contribution in [-0.2, 0) is 0 Å². The van der Waals surface area contributed by atoms with E-state index in [9.17, 15) is 0 Å². The molecule has 1 rings (SSSR count). The van der Waals surface area contributed by atoms with Gasteiger partial charge in [0, 0.05) is 6.04 Å². The number of hydrogen-bond acceptors (Lipinski definition) is 1. The standard InChI is InChI=1S/C15H31N/c1-4-5-8-14(3)16-11-10-15-9-6-7-13(2)12-15/h13-16H,4-12H2,1-3H3. The molecule has 1 aliphatic carbocycles. The van der Waals surface area contributed by atoms with Crippen molar-refractivity contribution >= 4 is 0 Å². The van der Waals surface area contributed by atoms with Crippen LogP contribution in [0.4, 0.5) is 0 Å². The van der Waals surface area contributed by atoms with Crippen LogP contribution in [0.5, 0.6) is 0 Å². The molecule has 1 nitrogen and oxygen atoms in total. The molecule has 96 valence electrons. The number of rotatable bonds is 7. The first-order valence-corrected chi connectivity index (χ1v) is 7.45. The quantitative estimate of drug-likeness (QED) is 0.678. The van der Waals surface area contributed by atoms with Gasteiger partial charge >= 0.3 is 0 Å². The lowest BCUT2D eigenvalue weighted by molar-refractivity contribution is 0.265. The maximum Gasteiger partial charge on any atom is 0.00387 e. The molecule has 1 N–H and O–H groups in total. The number of unbranched alkanes of at least 4 members (excludes halogenated alkanes) is 1. The molecule has 16 heavy (non-hydrogen) atoms. The molecule has 1 fully saturated rings. The van der Waals surface area contributed by atoms with Crippen LogP contribution in [0.3, 0.4) is 0 Å². The first kappa shape index (κ1) is 14.0. The van der Waals surface area contributed by atoms with E-state index in [0.717, 1.165) is 17.9 Å². The third-order valence-electron chi connectivity index (χ3n) is 4.08. The molecular formula is C15H31N. The Balaban J connectivity index is 2.01. The molecule has 3 atom stereocenters. The van der Waals surface area contributed by atoms with E-state index < -0.39 is 0 Å². The first-order chi connectivity index (χ1) is 7.72. The summed E-state index contributed by atoms with van der Waals surface area (Å²) >= 11 is 0. The normalized spacial score (nSPS) is 27.9. The molecule has 0 spiro atoms. The van der Waals surface area contributed by atoms with Crippen LogP contribution in [0.1, 0.15) is 72.1 Å². The summed E-state index contributed by atoms with van der Waals surface area (Å²) < 4.78 is 0. The smallest absolute Gasteiger partial charge is 0.00387 e. The van der Waals surface area contributed by atoms with Crippen molar-refractivity contribution in [2.75, 3.05) is 6.54 Å². The van der Waals surface area contributed by atoms with E-state index in [0.29, 0.717) is 0 Å². The van der Waals surface area contributed by atoms with Gasteiger partial charge in [0.2, 0.25) is 0 Å². The Kier molecular flexibility index (Phi) is 7.11. The van der Waals surface area contributed by atoms with Crippen molar-refractivity contribution in [3.05, 3.63) is 0 Å². The van der Waals surface area contributed by atoms with Gasteiger partial charge in [-0.2, -0.15) is 0 Å². The number of hydrogen-bond donors (Lipinski definition) is 1. The lowest BCUT2D eigenvalue weighted by Crippen LogP contribution is -2.29. The molecule has 1 saturated carbocycles. The second kappa shape index (κ2) is 8.11. The minimum Gasteiger partial charge on any atom is -0.314 e. The fourth-order valence-corrected chi connectivity index (χ4v) is 2.97. The Morgan fingerprint density at radius 1 is 1.31 bits per heavy atom. The lowest BCUT2D eigenvalue weighted by atomic mass is 9.81. The molecule has 0 saturated heterocycles. The van der Waals surface area contributed by atoms with E-state index in [2.05, 4.69) is 26.1 Å². The van der Waals surface area contributed by atoms with Crippen LogP contribution in [-0.4, -0.2) is 12.6 Å². The second-order valence-corrected chi connectivity index (χ2v) is 5.92. The topological polar surface area (TPSA) is 12.0 Å². The summed E-state index contributed by atoms with van der Waals surface area (Å²) in [4.78, 5) is 0. The van der Waals surface area contributed by atoms with E-state index in [1.165, 1.54) is 57.9 Å². The van der Waals surface area contributed by atoms with Gasteiger partial charge in [0.25, 0.3) is 0 Å². The molecule has 0 aromatic rings. The minimum absolute atomic E-state index is 0.723. The van der Waals surface area contributed by atoms with Gasteiger partial charge in [0.15, 0.2) is 0 Å². The number of nitrogens with one attached hydrogen (secondary N) is 1. The summed E-state index contributed by atoms with van der Waals surface area (Å²) in [6.45, 7) is 8.26. The molecule has 0 radical (unpaired) electrons. The molecule has 0 heterocycles. The summed E-state index contributed by atoms with van der Waals surface area (Å²) in [5.41, 5.74) is 0. The highest BCUT2D eigenvalue weighted by Gasteiger charge is 2.18. The van der Waals surface area contributed by atoms with Crippen molar-refractivity contribution in [2.24, 2.45) is 11.8 Å². The maximum absolute atomic E-state index is 3.68. The summed E-state index contributed by atoms with van der Waals surface area (Å²) in [5, 5.41) is 3.68. The highest BCUT2D eigenvalue weighted by molar-refractivity contribution is 4.72. The van der Waals surface area contributed by atoms with Gasteiger partial charge in [-0.3, -0.25) is 0 Å². The molecule has 0 amide bonds. The third-order valence-corrected chi connectivity index (χ3v) is 4.08. The van der Waals surface area contributed by atoms with Crippen molar-refractivity contribution < 1.29 is 0 Å². The molecule has 1 heteroatoms. The fourth-order valence-electron chi connectivity index (χ4n) is 2.97. The van der Waals surface area contributed by atoms with E-state index in [4.69, 9.17) is 0 Å². The SMILES string of the molecule is CCCCC(C)NCCC1CCCC(C)C1. The minimum atomic E-state index is 0.723. The predicted molar refractivity (Wildman–Crippen MR) is 72.7 cm³/mol. The Bertz CT molecular complexity index is 167. The van der Waals surface area contributed by atoms with Crippen molar-refractivity contribution in [3.63, 3.8) is 0 Å². The molecule has 1 aliphatic rings. The van der Waals surface area contributed by atoms with Crippen LogP contribution >= 0.6 is 0 Å². The molecule has 0 bridgehead atoms. The molecular weight excluding hydrogens is 194 g/mol. The fraction of sp³-hybridized carbons (Fsp3) is 1.00. The van der Waals surface area contributed by atoms with Crippen molar-refractivity contribution in [1.82, 2.24) is 5.32 Å². The van der Waals surface area contributed by atoms with Gasteiger partial charge in [-0.1, -0.05) is 46.0 Å². The summed E-state index contributed by atoms with van der Waals surface area (Å²) in [6.07, 6.45) is 11.3. The van der Waals surface area contributed by atoms with E-state index in [1.54, 1.807) is 0 Å². The average molecular weight is 225 g/mol. The molecule has 0 aromatic carbocycles. The summed E-state index contributed by atoms with van der Waals surface area (Å²) in [6, 6.07) is 0.723. The zero-order valence-electron chi connectivity index (χ0n) is 11.6. The van der Waals surface area contributed by atoms with Crippen molar-refractivity contribution in [2.45, 2.75) is 78.2 Å². The lowest BCUT2D eigenvalue weighted by Gasteiger charge is -2.27. The van der Waals surface area contributed by atoms with Gasteiger partial charge in [-0.25, -0.2) is 0 Å².